The van der Waals surface area contributed by atoms with Crippen LogP contribution in [0.2, 0.25) is 0 Å². The van der Waals surface area contributed by atoms with Gasteiger partial charge in [0.25, 0.3) is 0 Å². The number of carbonyl (C=O) groups is 1. The van der Waals surface area contributed by atoms with Crippen molar-refractivity contribution in [2.75, 3.05) is 0 Å². The van der Waals surface area contributed by atoms with Gasteiger partial charge in [-0.15, -0.1) is 12.4 Å². The summed E-state index contributed by atoms with van der Waals surface area (Å²) in [4.78, 5) is 11.4. The zero-order valence-electron chi connectivity index (χ0n) is 14.3. The van der Waals surface area contributed by atoms with Crippen LogP contribution in [-0.2, 0) is 18.4 Å². The van der Waals surface area contributed by atoms with E-state index in [0.29, 0.717) is 13.0 Å². The first-order valence-electron chi connectivity index (χ1n) is 7.77. The standard InChI is InChI=1S/C18H26N2O2.ClH/c1-18(2,3)10-8-15(17(21)22)19-12-13-6-5-7-16-14(13)9-11-20(16)4;/h5-7,9,11,15,19H,8,10,12H2,1-4H3,(H,21,22);1H/t15-;/m0./s1. The van der Waals surface area contributed by atoms with Gasteiger partial charge in [0, 0.05) is 30.7 Å². The van der Waals surface area contributed by atoms with Crippen LogP contribution in [0.25, 0.3) is 10.9 Å². The third-order valence-corrected chi connectivity index (χ3v) is 4.04. The molecule has 0 aliphatic heterocycles. The van der Waals surface area contributed by atoms with Crippen LogP contribution < -0.4 is 5.32 Å². The maximum atomic E-state index is 11.4. The van der Waals surface area contributed by atoms with Gasteiger partial charge in [-0.25, -0.2) is 0 Å². The molecule has 0 saturated heterocycles. The fourth-order valence-corrected chi connectivity index (χ4v) is 2.64. The second-order valence-corrected chi connectivity index (χ2v) is 7.15. The second kappa shape index (κ2) is 7.84. The van der Waals surface area contributed by atoms with Gasteiger partial charge in [0.05, 0.1) is 0 Å². The number of carboxylic acid groups (broad SMARTS) is 1. The third-order valence-electron chi connectivity index (χ3n) is 4.04. The molecule has 1 aromatic carbocycles. The normalized spacial score (nSPS) is 12.9. The molecule has 1 atom stereocenters. The number of aromatic nitrogens is 1. The van der Waals surface area contributed by atoms with Gasteiger partial charge in [0.15, 0.2) is 0 Å². The molecule has 4 nitrogen and oxygen atoms in total. The van der Waals surface area contributed by atoms with E-state index in [1.807, 2.05) is 19.3 Å². The summed E-state index contributed by atoms with van der Waals surface area (Å²) in [6.45, 7) is 6.98. The number of benzene rings is 1. The Kier molecular flexibility index (Phi) is 6.66. The number of aryl methyl sites for hydroxylation is 1. The molecule has 0 fully saturated rings. The van der Waals surface area contributed by atoms with E-state index in [0.717, 1.165) is 12.0 Å². The summed E-state index contributed by atoms with van der Waals surface area (Å²) in [5.41, 5.74) is 2.45. The zero-order valence-corrected chi connectivity index (χ0v) is 15.1. The number of nitrogens with zero attached hydrogens (tertiary/aromatic N) is 1. The van der Waals surface area contributed by atoms with Gasteiger partial charge >= 0.3 is 5.97 Å². The summed E-state index contributed by atoms with van der Waals surface area (Å²) in [7, 11) is 2.02. The van der Waals surface area contributed by atoms with Gasteiger partial charge < -0.3 is 15.0 Å². The maximum Gasteiger partial charge on any atom is 0.320 e. The summed E-state index contributed by atoms with van der Waals surface area (Å²) < 4.78 is 2.08. The van der Waals surface area contributed by atoms with Gasteiger partial charge in [-0.3, -0.25) is 4.79 Å². The van der Waals surface area contributed by atoms with Crippen LogP contribution in [0.1, 0.15) is 39.2 Å². The molecular weight excluding hydrogens is 312 g/mol. The highest BCUT2D eigenvalue weighted by molar-refractivity contribution is 5.85. The molecule has 2 rings (SSSR count). The molecule has 0 bridgehead atoms. The van der Waals surface area contributed by atoms with Crippen molar-refractivity contribution < 1.29 is 9.90 Å². The minimum absolute atomic E-state index is 0. The van der Waals surface area contributed by atoms with Crippen molar-refractivity contribution in [1.82, 2.24) is 9.88 Å². The molecule has 128 valence electrons. The van der Waals surface area contributed by atoms with Gasteiger partial charge in [0.2, 0.25) is 0 Å². The molecule has 0 saturated carbocycles. The summed E-state index contributed by atoms with van der Waals surface area (Å²) >= 11 is 0. The Morgan fingerprint density at radius 3 is 2.61 bits per heavy atom. The van der Waals surface area contributed by atoms with Crippen LogP contribution >= 0.6 is 12.4 Å². The summed E-state index contributed by atoms with van der Waals surface area (Å²) in [5, 5.41) is 13.8. The molecule has 0 amide bonds. The monoisotopic (exact) mass is 338 g/mol. The fraction of sp³-hybridized carbons (Fsp3) is 0.500. The van der Waals surface area contributed by atoms with E-state index < -0.39 is 12.0 Å². The third kappa shape index (κ3) is 5.26. The Balaban J connectivity index is 0.00000264. The van der Waals surface area contributed by atoms with Crippen LogP contribution in [0.15, 0.2) is 30.5 Å². The molecule has 1 heterocycles. The quantitative estimate of drug-likeness (QED) is 0.838. The van der Waals surface area contributed by atoms with Crippen LogP contribution in [0.5, 0.6) is 0 Å². The van der Waals surface area contributed by atoms with E-state index in [-0.39, 0.29) is 17.8 Å². The van der Waals surface area contributed by atoms with E-state index >= 15 is 0 Å². The number of carboxylic acids is 1. The van der Waals surface area contributed by atoms with Crippen molar-refractivity contribution in [2.45, 2.75) is 46.2 Å². The number of halogens is 1. The molecule has 2 N–H and O–H groups in total. The molecule has 0 spiro atoms. The molecule has 2 aromatic rings. The number of hydrogen-bond acceptors (Lipinski definition) is 2. The lowest BCUT2D eigenvalue weighted by atomic mass is 9.88. The average molecular weight is 339 g/mol. The molecule has 0 aliphatic carbocycles. The Hall–Kier alpha value is -1.52. The first kappa shape index (κ1) is 19.5. The number of nitrogens with one attached hydrogen (secondary N) is 1. The topological polar surface area (TPSA) is 54.3 Å². The van der Waals surface area contributed by atoms with E-state index in [1.165, 1.54) is 10.9 Å². The van der Waals surface area contributed by atoms with Crippen molar-refractivity contribution in [2.24, 2.45) is 12.5 Å². The summed E-state index contributed by atoms with van der Waals surface area (Å²) in [5.74, 6) is -0.774. The number of hydrogen-bond donors (Lipinski definition) is 2. The van der Waals surface area contributed by atoms with Gasteiger partial charge in [0.1, 0.15) is 6.04 Å². The first-order chi connectivity index (χ1) is 10.3. The van der Waals surface area contributed by atoms with Gasteiger partial charge in [-0.1, -0.05) is 32.9 Å². The van der Waals surface area contributed by atoms with Crippen molar-refractivity contribution in [1.29, 1.82) is 0 Å². The lowest BCUT2D eigenvalue weighted by Crippen LogP contribution is -2.37. The first-order valence-corrected chi connectivity index (χ1v) is 7.77. The molecule has 0 aliphatic rings. The van der Waals surface area contributed by atoms with E-state index in [4.69, 9.17) is 0 Å². The van der Waals surface area contributed by atoms with Crippen molar-refractivity contribution >= 4 is 29.3 Å². The van der Waals surface area contributed by atoms with Crippen molar-refractivity contribution in [3.63, 3.8) is 0 Å². The van der Waals surface area contributed by atoms with Gasteiger partial charge in [-0.2, -0.15) is 0 Å². The second-order valence-electron chi connectivity index (χ2n) is 7.15. The largest absolute Gasteiger partial charge is 0.480 e. The molecule has 0 unspecified atom stereocenters. The summed E-state index contributed by atoms with van der Waals surface area (Å²) in [6, 6.07) is 7.73. The lowest BCUT2D eigenvalue weighted by Gasteiger charge is -2.21. The predicted molar refractivity (Wildman–Crippen MR) is 97.1 cm³/mol. The van der Waals surface area contributed by atoms with Crippen molar-refractivity contribution in [3.05, 3.63) is 36.0 Å². The van der Waals surface area contributed by atoms with Crippen LogP contribution in [0.4, 0.5) is 0 Å². The van der Waals surface area contributed by atoms with E-state index in [2.05, 4.69) is 48.9 Å². The SMILES string of the molecule is Cl.Cn1ccc2c(CN[C@@H](CCC(C)(C)C)C(=O)O)cccc21. The Morgan fingerprint density at radius 2 is 2.00 bits per heavy atom. The van der Waals surface area contributed by atoms with Crippen LogP contribution in [0, 0.1) is 5.41 Å². The molecule has 1 aromatic heterocycles. The lowest BCUT2D eigenvalue weighted by molar-refractivity contribution is -0.139. The fourth-order valence-electron chi connectivity index (χ4n) is 2.64. The zero-order chi connectivity index (χ0) is 16.3. The molecule has 5 heteroatoms. The van der Waals surface area contributed by atoms with E-state index in [1.54, 1.807) is 0 Å². The Bertz CT molecular complexity index is 659. The van der Waals surface area contributed by atoms with Gasteiger partial charge in [-0.05, 0) is 36.0 Å². The predicted octanol–water partition coefficient (Wildman–Crippen LogP) is 3.97. The van der Waals surface area contributed by atoms with Crippen LogP contribution in [0.3, 0.4) is 0 Å². The average Bonchev–Trinajstić information content (AvgIpc) is 2.80. The van der Waals surface area contributed by atoms with E-state index in [9.17, 15) is 9.90 Å². The number of fused-ring (bicyclic) bond motifs is 1. The number of rotatable bonds is 6. The maximum absolute atomic E-state index is 11.4. The minimum Gasteiger partial charge on any atom is -0.480 e. The molecular formula is C18H27ClN2O2. The minimum atomic E-state index is -0.774. The Labute approximate surface area is 144 Å². The highest BCUT2D eigenvalue weighted by Gasteiger charge is 2.20. The molecule has 0 radical (unpaired) electrons. The smallest absolute Gasteiger partial charge is 0.320 e. The highest BCUT2D eigenvalue weighted by Crippen LogP contribution is 2.23. The summed E-state index contributed by atoms with van der Waals surface area (Å²) in [6.07, 6.45) is 3.55. The molecule has 23 heavy (non-hydrogen) atoms. The Morgan fingerprint density at radius 1 is 1.30 bits per heavy atom. The number of aliphatic carboxylic acids is 1. The van der Waals surface area contributed by atoms with Crippen LogP contribution in [-0.4, -0.2) is 21.7 Å². The highest BCUT2D eigenvalue weighted by atomic mass is 35.5. The van der Waals surface area contributed by atoms with Crippen molar-refractivity contribution in [3.8, 4) is 0 Å².